The highest BCUT2D eigenvalue weighted by Gasteiger charge is 2.51. The highest BCUT2D eigenvalue weighted by molar-refractivity contribution is 6.12. The Kier molecular flexibility index (Phi) is 4.37. The highest BCUT2D eigenvalue weighted by Crippen LogP contribution is 2.40. The zero-order chi connectivity index (χ0) is 22.4. The third-order valence-electron chi connectivity index (χ3n) is 5.98. The molecule has 2 amide bonds. The molecule has 2 aliphatic rings. The molecule has 11 nitrogen and oxygen atoms in total. The molecular formula is C22H18N8O3. The molecule has 4 aromatic rings. The van der Waals surface area contributed by atoms with Crippen molar-refractivity contribution in [1.29, 1.82) is 0 Å². The Bertz CT molecular complexity index is 1380. The van der Waals surface area contributed by atoms with Crippen LogP contribution in [-0.4, -0.2) is 66.1 Å². The molecule has 0 radical (unpaired) electrons. The molecule has 0 saturated carbocycles. The molecule has 6 rings (SSSR count). The van der Waals surface area contributed by atoms with Gasteiger partial charge in [0.15, 0.2) is 5.72 Å². The summed E-state index contributed by atoms with van der Waals surface area (Å²) >= 11 is 0. The average molecular weight is 442 g/mol. The largest absolute Gasteiger partial charge is 0.466 e. The fourth-order valence-corrected chi connectivity index (χ4v) is 4.36. The number of aromatic amines is 1. The van der Waals surface area contributed by atoms with Crippen LogP contribution in [0.25, 0.3) is 22.4 Å². The molecule has 4 heterocycles. The number of hydrogen-bond acceptors (Lipinski definition) is 9. The summed E-state index contributed by atoms with van der Waals surface area (Å²) in [6.07, 6.45) is 2.31. The van der Waals surface area contributed by atoms with Gasteiger partial charge in [0.05, 0.1) is 22.8 Å². The quantitative estimate of drug-likeness (QED) is 0.443. The number of nitrogens with zero attached hydrogens (tertiary/aromatic N) is 6. The maximum Gasteiger partial charge on any atom is 0.284 e. The van der Waals surface area contributed by atoms with Crippen molar-refractivity contribution >= 4 is 22.8 Å². The van der Waals surface area contributed by atoms with E-state index >= 15 is 0 Å². The molecule has 2 aromatic heterocycles. The third-order valence-corrected chi connectivity index (χ3v) is 5.98. The van der Waals surface area contributed by atoms with Crippen LogP contribution in [0.1, 0.15) is 33.7 Å². The minimum Gasteiger partial charge on any atom is -0.466 e. The lowest BCUT2D eigenvalue weighted by atomic mass is 9.94. The molecule has 2 N–H and O–H groups in total. The van der Waals surface area contributed by atoms with E-state index in [4.69, 9.17) is 4.74 Å². The Morgan fingerprint density at radius 2 is 1.91 bits per heavy atom. The van der Waals surface area contributed by atoms with Crippen molar-refractivity contribution in [1.82, 2.24) is 40.8 Å². The minimum atomic E-state index is -1.10. The van der Waals surface area contributed by atoms with Gasteiger partial charge in [0, 0.05) is 31.5 Å². The Morgan fingerprint density at radius 3 is 2.70 bits per heavy atom. The topological polar surface area (TPSA) is 139 Å². The number of carbonyl (C=O) groups is 2. The zero-order valence-corrected chi connectivity index (χ0v) is 17.4. The Morgan fingerprint density at radius 1 is 1.09 bits per heavy atom. The van der Waals surface area contributed by atoms with Crippen LogP contribution in [0.4, 0.5) is 0 Å². The minimum absolute atomic E-state index is 0.0846. The molecule has 1 fully saturated rings. The molecule has 0 atom stereocenters. The number of rotatable bonds is 2. The summed E-state index contributed by atoms with van der Waals surface area (Å²) in [5, 5.41) is 17.2. The predicted molar refractivity (Wildman–Crippen MR) is 115 cm³/mol. The predicted octanol–water partition coefficient (Wildman–Crippen LogP) is 1.56. The van der Waals surface area contributed by atoms with Crippen LogP contribution in [0.5, 0.6) is 5.75 Å². The second-order valence-corrected chi connectivity index (χ2v) is 7.93. The molecule has 1 spiro atoms. The van der Waals surface area contributed by atoms with Crippen LogP contribution in [0.3, 0.4) is 0 Å². The van der Waals surface area contributed by atoms with Gasteiger partial charge in [-0.1, -0.05) is 12.1 Å². The van der Waals surface area contributed by atoms with Crippen molar-refractivity contribution in [2.24, 2.45) is 0 Å². The molecule has 33 heavy (non-hydrogen) atoms. The van der Waals surface area contributed by atoms with Crippen molar-refractivity contribution in [3.63, 3.8) is 0 Å². The van der Waals surface area contributed by atoms with Gasteiger partial charge in [-0.25, -0.2) is 9.88 Å². The SMILES string of the molecule is O=C(c1cnc2ccccc2n1)N1C(=O)c2cc(-c3nn[nH]n3)ccc2OC12CCNCC2. The molecule has 1 saturated heterocycles. The number of benzene rings is 2. The van der Waals surface area contributed by atoms with E-state index in [0.717, 1.165) is 0 Å². The molecule has 0 bridgehead atoms. The van der Waals surface area contributed by atoms with Gasteiger partial charge in [0.2, 0.25) is 5.82 Å². The number of tetrazole rings is 1. The van der Waals surface area contributed by atoms with E-state index in [-0.39, 0.29) is 11.3 Å². The number of ether oxygens (including phenoxy) is 1. The summed E-state index contributed by atoms with van der Waals surface area (Å²) in [6, 6.07) is 12.4. The molecule has 2 aromatic carbocycles. The standard InChI is InChI=1S/C22H18N8O3/c31-20-14-11-13(19-26-28-29-27-19)5-6-18(14)33-22(7-9-23-10-8-22)30(20)21(32)17-12-24-15-3-1-2-4-16(15)25-17/h1-6,11-12,23H,7-10H2,(H,26,27,28,29). The lowest BCUT2D eigenvalue weighted by molar-refractivity contribution is -0.0778. The highest BCUT2D eigenvalue weighted by atomic mass is 16.5. The summed E-state index contributed by atoms with van der Waals surface area (Å²) < 4.78 is 6.38. The van der Waals surface area contributed by atoms with Crippen LogP contribution in [0, 0.1) is 0 Å². The fraction of sp³-hybridized carbons (Fsp3) is 0.227. The van der Waals surface area contributed by atoms with E-state index in [9.17, 15) is 9.59 Å². The van der Waals surface area contributed by atoms with Crippen LogP contribution in [0.15, 0.2) is 48.7 Å². The monoisotopic (exact) mass is 442 g/mol. The number of para-hydroxylation sites is 2. The van der Waals surface area contributed by atoms with Gasteiger partial charge in [0.1, 0.15) is 11.4 Å². The van der Waals surface area contributed by atoms with Crippen LogP contribution >= 0.6 is 0 Å². The number of nitrogens with one attached hydrogen (secondary N) is 2. The summed E-state index contributed by atoms with van der Waals surface area (Å²) in [7, 11) is 0. The first-order valence-electron chi connectivity index (χ1n) is 10.5. The van der Waals surface area contributed by atoms with Gasteiger partial charge in [-0.15, -0.1) is 10.2 Å². The Labute approximate surface area is 187 Å². The normalized spacial score (nSPS) is 17.1. The first-order valence-corrected chi connectivity index (χ1v) is 10.5. The van der Waals surface area contributed by atoms with Crippen molar-refractivity contribution in [2.75, 3.05) is 13.1 Å². The zero-order valence-electron chi connectivity index (χ0n) is 17.4. The van der Waals surface area contributed by atoms with E-state index < -0.39 is 17.5 Å². The number of H-pyrrole nitrogens is 1. The van der Waals surface area contributed by atoms with Crippen LogP contribution in [0.2, 0.25) is 0 Å². The Hall–Kier alpha value is -4.25. The van der Waals surface area contributed by atoms with Crippen molar-refractivity contribution < 1.29 is 14.3 Å². The molecule has 0 aliphatic carbocycles. The maximum absolute atomic E-state index is 13.8. The van der Waals surface area contributed by atoms with Gasteiger partial charge < -0.3 is 10.1 Å². The number of imide groups is 1. The third kappa shape index (κ3) is 3.12. The fourth-order valence-electron chi connectivity index (χ4n) is 4.36. The van der Waals surface area contributed by atoms with Crippen LogP contribution in [-0.2, 0) is 0 Å². The molecule has 0 unspecified atom stereocenters. The second kappa shape index (κ2) is 7.41. The first kappa shape index (κ1) is 19.4. The van der Waals surface area contributed by atoms with Gasteiger partial charge >= 0.3 is 0 Å². The number of hydrogen-bond donors (Lipinski definition) is 2. The summed E-state index contributed by atoms with van der Waals surface area (Å²) in [4.78, 5) is 37.5. The Balaban J connectivity index is 1.46. The van der Waals surface area contributed by atoms with Crippen molar-refractivity contribution in [3.8, 4) is 17.1 Å². The number of amides is 2. The van der Waals surface area contributed by atoms with Crippen molar-refractivity contribution in [3.05, 3.63) is 59.9 Å². The molecule has 2 aliphatic heterocycles. The summed E-state index contributed by atoms with van der Waals surface area (Å²) in [5.74, 6) is -0.243. The van der Waals surface area contributed by atoms with Gasteiger partial charge in [-0.3, -0.25) is 14.6 Å². The van der Waals surface area contributed by atoms with E-state index in [1.807, 2.05) is 18.2 Å². The average Bonchev–Trinajstić information content (AvgIpc) is 3.39. The summed E-state index contributed by atoms with van der Waals surface area (Å²) in [6.45, 7) is 1.22. The second-order valence-electron chi connectivity index (χ2n) is 7.93. The van der Waals surface area contributed by atoms with E-state index in [1.165, 1.54) is 11.1 Å². The smallest absolute Gasteiger partial charge is 0.284 e. The van der Waals surface area contributed by atoms with Gasteiger partial charge in [0.25, 0.3) is 11.8 Å². The van der Waals surface area contributed by atoms with Crippen LogP contribution < -0.4 is 10.1 Å². The number of piperidine rings is 1. The van der Waals surface area contributed by atoms with Gasteiger partial charge in [-0.05, 0) is 35.5 Å². The van der Waals surface area contributed by atoms with E-state index in [2.05, 4.69) is 35.9 Å². The lowest BCUT2D eigenvalue weighted by Crippen LogP contribution is -2.64. The summed E-state index contributed by atoms with van der Waals surface area (Å²) in [5.41, 5.74) is 1.06. The molecular weight excluding hydrogens is 424 g/mol. The van der Waals surface area contributed by atoms with Gasteiger partial charge in [-0.2, -0.15) is 5.21 Å². The van der Waals surface area contributed by atoms with E-state index in [0.29, 0.717) is 54.1 Å². The molecule has 11 heteroatoms. The number of fused-ring (bicyclic) bond motifs is 2. The first-order chi connectivity index (χ1) is 16.1. The lowest BCUT2D eigenvalue weighted by Gasteiger charge is -2.47. The number of aromatic nitrogens is 6. The number of carbonyl (C=O) groups excluding carboxylic acids is 2. The molecule has 164 valence electrons. The maximum atomic E-state index is 13.8. The van der Waals surface area contributed by atoms with Crippen molar-refractivity contribution in [2.45, 2.75) is 18.6 Å². The van der Waals surface area contributed by atoms with E-state index in [1.54, 1.807) is 24.3 Å².